The van der Waals surface area contributed by atoms with E-state index in [2.05, 4.69) is 10.1 Å². The minimum absolute atomic E-state index is 0.0255. The summed E-state index contributed by atoms with van der Waals surface area (Å²) in [5, 5.41) is 4.47. The average Bonchev–Trinajstić information content (AvgIpc) is 3.17. The number of hydrogen-bond donors (Lipinski definition) is 0. The minimum Gasteiger partial charge on any atom is -0.468 e. The number of piperazine rings is 1. The Hall–Kier alpha value is -2.45. The van der Waals surface area contributed by atoms with E-state index in [4.69, 9.17) is 16.3 Å². The summed E-state index contributed by atoms with van der Waals surface area (Å²) in [6, 6.07) is 6.66. The van der Waals surface area contributed by atoms with Crippen LogP contribution in [-0.4, -0.2) is 69.7 Å². The SMILES string of the molecule is COC(=O)C(c1ccccc1Cl)N1CCN(C(=O)Cn2cncn2)CC1. The zero-order chi connectivity index (χ0) is 18.5. The van der Waals surface area contributed by atoms with Crippen molar-refractivity contribution in [3.8, 4) is 0 Å². The standard InChI is InChI=1S/C17H20ClN5O3/c1-26-17(25)16(13-4-2-3-5-14(13)18)22-8-6-21(7-9-22)15(24)10-23-12-19-11-20-23/h2-5,11-12,16H,6-10H2,1H3. The Labute approximate surface area is 156 Å². The van der Waals surface area contributed by atoms with Gasteiger partial charge in [0.1, 0.15) is 25.2 Å². The van der Waals surface area contributed by atoms with E-state index in [1.165, 1.54) is 24.4 Å². The molecule has 2 heterocycles. The average molecular weight is 378 g/mol. The highest BCUT2D eigenvalue weighted by molar-refractivity contribution is 6.31. The van der Waals surface area contributed by atoms with Crippen LogP contribution in [0.4, 0.5) is 0 Å². The van der Waals surface area contributed by atoms with Gasteiger partial charge in [0, 0.05) is 31.2 Å². The van der Waals surface area contributed by atoms with E-state index in [-0.39, 0.29) is 18.4 Å². The number of ether oxygens (including phenoxy) is 1. The number of aromatic nitrogens is 3. The third-order valence-corrected chi connectivity index (χ3v) is 4.76. The third kappa shape index (κ3) is 4.03. The molecule has 3 rings (SSSR count). The normalized spacial score (nSPS) is 16.3. The second-order valence-corrected chi connectivity index (χ2v) is 6.36. The Kier molecular flexibility index (Phi) is 5.85. The monoisotopic (exact) mass is 377 g/mol. The first kappa shape index (κ1) is 18.3. The predicted octanol–water partition coefficient (Wildman–Crippen LogP) is 0.990. The molecule has 1 atom stereocenters. The van der Waals surface area contributed by atoms with Crippen molar-refractivity contribution < 1.29 is 14.3 Å². The topological polar surface area (TPSA) is 80.6 Å². The Balaban J connectivity index is 1.67. The molecule has 9 heteroatoms. The van der Waals surface area contributed by atoms with Gasteiger partial charge in [-0.05, 0) is 11.6 Å². The van der Waals surface area contributed by atoms with Gasteiger partial charge in [-0.15, -0.1) is 0 Å². The van der Waals surface area contributed by atoms with E-state index in [1.54, 1.807) is 11.0 Å². The molecule has 1 aliphatic heterocycles. The lowest BCUT2D eigenvalue weighted by Gasteiger charge is -2.38. The lowest BCUT2D eigenvalue weighted by molar-refractivity contribution is -0.148. The summed E-state index contributed by atoms with van der Waals surface area (Å²) in [4.78, 5) is 32.3. The quantitative estimate of drug-likeness (QED) is 0.723. The molecule has 138 valence electrons. The van der Waals surface area contributed by atoms with Crippen LogP contribution in [0.25, 0.3) is 0 Å². The van der Waals surface area contributed by atoms with Crippen molar-refractivity contribution in [3.05, 3.63) is 47.5 Å². The van der Waals surface area contributed by atoms with Gasteiger partial charge in [-0.2, -0.15) is 5.10 Å². The van der Waals surface area contributed by atoms with E-state index >= 15 is 0 Å². The van der Waals surface area contributed by atoms with Crippen molar-refractivity contribution in [2.75, 3.05) is 33.3 Å². The lowest BCUT2D eigenvalue weighted by Crippen LogP contribution is -2.51. The summed E-state index contributed by atoms with van der Waals surface area (Å²) >= 11 is 6.28. The molecule has 2 aromatic rings. The smallest absolute Gasteiger partial charge is 0.327 e. The molecule has 1 aliphatic rings. The molecule has 1 saturated heterocycles. The number of hydrogen-bond acceptors (Lipinski definition) is 6. The molecule has 0 aliphatic carbocycles. The van der Waals surface area contributed by atoms with Crippen molar-refractivity contribution in [2.45, 2.75) is 12.6 Å². The number of halogens is 1. The van der Waals surface area contributed by atoms with Crippen LogP contribution in [0.15, 0.2) is 36.9 Å². The molecule has 1 fully saturated rings. The molecule has 0 N–H and O–H groups in total. The van der Waals surface area contributed by atoms with Gasteiger partial charge >= 0.3 is 5.97 Å². The molecular weight excluding hydrogens is 358 g/mol. The Morgan fingerprint density at radius 3 is 2.58 bits per heavy atom. The zero-order valence-corrected chi connectivity index (χ0v) is 15.2. The lowest BCUT2D eigenvalue weighted by atomic mass is 10.0. The molecule has 1 unspecified atom stereocenters. The molecule has 0 saturated carbocycles. The van der Waals surface area contributed by atoms with Crippen LogP contribution < -0.4 is 0 Å². The first-order chi connectivity index (χ1) is 12.6. The summed E-state index contributed by atoms with van der Waals surface area (Å²) in [6.45, 7) is 2.30. The van der Waals surface area contributed by atoms with Gasteiger partial charge in [-0.3, -0.25) is 9.69 Å². The molecule has 0 bridgehead atoms. The van der Waals surface area contributed by atoms with E-state index in [9.17, 15) is 9.59 Å². The van der Waals surface area contributed by atoms with Gasteiger partial charge in [-0.25, -0.2) is 14.5 Å². The van der Waals surface area contributed by atoms with Gasteiger partial charge < -0.3 is 9.64 Å². The van der Waals surface area contributed by atoms with E-state index in [0.29, 0.717) is 36.8 Å². The molecule has 1 aromatic heterocycles. The van der Waals surface area contributed by atoms with Gasteiger partial charge in [0.05, 0.1) is 7.11 Å². The van der Waals surface area contributed by atoms with E-state index in [1.807, 2.05) is 23.1 Å². The van der Waals surface area contributed by atoms with E-state index in [0.717, 1.165) is 0 Å². The number of methoxy groups -OCH3 is 1. The number of nitrogens with zero attached hydrogens (tertiary/aromatic N) is 5. The van der Waals surface area contributed by atoms with Crippen LogP contribution in [0.1, 0.15) is 11.6 Å². The number of benzene rings is 1. The fourth-order valence-corrected chi connectivity index (χ4v) is 3.30. The van der Waals surface area contributed by atoms with Gasteiger partial charge in [-0.1, -0.05) is 29.8 Å². The fraction of sp³-hybridized carbons (Fsp3) is 0.412. The predicted molar refractivity (Wildman–Crippen MR) is 94.4 cm³/mol. The summed E-state index contributed by atoms with van der Waals surface area (Å²) in [5.74, 6) is -0.386. The van der Waals surface area contributed by atoms with Gasteiger partial charge in [0.15, 0.2) is 0 Å². The maximum absolute atomic E-state index is 12.4. The maximum atomic E-state index is 12.4. The van der Waals surface area contributed by atoms with Crippen LogP contribution in [0, 0.1) is 0 Å². The zero-order valence-electron chi connectivity index (χ0n) is 14.4. The van der Waals surface area contributed by atoms with Crippen molar-refractivity contribution in [1.29, 1.82) is 0 Å². The highest BCUT2D eigenvalue weighted by atomic mass is 35.5. The highest BCUT2D eigenvalue weighted by Gasteiger charge is 2.33. The molecule has 1 amide bonds. The van der Waals surface area contributed by atoms with Crippen LogP contribution in [0.3, 0.4) is 0 Å². The first-order valence-electron chi connectivity index (χ1n) is 8.26. The van der Waals surface area contributed by atoms with Crippen molar-refractivity contribution >= 4 is 23.5 Å². The Morgan fingerprint density at radius 2 is 1.96 bits per heavy atom. The fourth-order valence-electron chi connectivity index (χ4n) is 3.06. The van der Waals surface area contributed by atoms with Crippen LogP contribution in [0.5, 0.6) is 0 Å². The van der Waals surface area contributed by atoms with Crippen LogP contribution in [-0.2, 0) is 20.9 Å². The third-order valence-electron chi connectivity index (χ3n) is 4.42. The summed E-state index contributed by atoms with van der Waals surface area (Å²) in [6.07, 6.45) is 2.91. The largest absolute Gasteiger partial charge is 0.468 e. The summed E-state index contributed by atoms with van der Waals surface area (Å²) in [5.41, 5.74) is 0.711. The minimum atomic E-state index is -0.582. The Bertz CT molecular complexity index is 760. The molecule has 26 heavy (non-hydrogen) atoms. The summed E-state index contributed by atoms with van der Waals surface area (Å²) in [7, 11) is 1.37. The highest BCUT2D eigenvalue weighted by Crippen LogP contribution is 2.29. The van der Waals surface area contributed by atoms with Gasteiger partial charge in [0.25, 0.3) is 0 Å². The van der Waals surface area contributed by atoms with Crippen LogP contribution in [0.2, 0.25) is 5.02 Å². The number of esters is 1. The maximum Gasteiger partial charge on any atom is 0.327 e. The van der Waals surface area contributed by atoms with Crippen molar-refractivity contribution in [3.63, 3.8) is 0 Å². The van der Waals surface area contributed by atoms with Crippen LogP contribution >= 0.6 is 11.6 Å². The number of rotatable bonds is 5. The number of amides is 1. The summed E-state index contributed by atoms with van der Waals surface area (Å²) < 4.78 is 6.48. The van der Waals surface area contributed by atoms with Crippen molar-refractivity contribution in [1.82, 2.24) is 24.6 Å². The Morgan fingerprint density at radius 1 is 1.23 bits per heavy atom. The number of carbonyl (C=O) groups excluding carboxylic acids is 2. The van der Waals surface area contributed by atoms with E-state index < -0.39 is 6.04 Å². The molecule has 0 radical (unpaired) electrons. The molecule has 0 spiro atoms. The van der Waals surface area contributed by atoms with Gasteiger partial charge in [0.2, 0.25) is 5.91 Å². The number of carbonyl (C=O) groups is 2. The second kappa shape index (κ2) is 8.29. The van der Waals surface area contributed by atoms with Crippen molar-refractivity contribution in [2.24, 2.45) is 0 Å². The molecule has 8 nitrogen and oxygen atoms in total. The molecular formula is C17H20ClN5O3. The first-order valence-corrected chi connectivity index (χ1v) is 8.64. The second-order valence-electron chi connectivity index (χ2n) is 5.96. The molecule has 1 aromatic carbocycles.